The molecule has 0 saturated carbocycles. The fourth-order valence-corrected chi connectivity index (χ4v) is 3.19. The lowest BCUT2D eigenvalue weighted by atomic mass is 10.1. The Hall–Kier alpha value is -3.05. The number of hydrogen-bond donors (Lipinski definition) is 0. The van der Waals surface area contributed by atoms with Gasteiger partial charge >= 0.3 is 0 Å². The van der Waals surface area contributed by atoms with Crippen LogP contribution >= 0.6 is 0 Å². The van der Waals surface area contributed by atoms with Crippen molar-refractivity contribution in [3.63, 3.8) is 0 Å². The van der Waals surface area contributed by atoms with Gasteiger partial charge in [-0.1, -0.05) is 30.3 Å². The van der Waals surface area contributed by atoms with Gasteiger partial charge in [0.25, 0.3) is 0 Å². The molecule has 1 aliphatic rings. The second-order valence-electron chi connectivity index (χ2n) is 6.37. The van der Waals surface area contributed by atoms with Crippen LogP contribution in [0, 0.1) is 5.82 Å². The fourth-order valence-electron chi connectivity index (χ4n) is 3.19. The van der Waals surface area contributed by atoms with E-state index in [1.165, 1.54) is 18.2 Å². The van der Waals surface area contributed by atoms with Gasteiger partial charge in [-0.05, 0) is 36.4 Å². The van der Waals surface area contributed by atoms with Gasteiger partial charge in [0.15, 0.2) is 5.78 Å². The summed E-state index contributed by atoms with van der Waals surface area (Å²) in [5, 5.41) is 0.993. The number of ketones is 1. The molecule has 4 rings (SSSR count). The first-order valence-corrected chi connectivity index (χ1v) is 8.92. The predicted molar refractivity (Wildman–Crippen MR) is 105 cm³/mol. The molecule has 1 saturated heterocycles. The molecule has 4 nitrogen and oxygen atoms in total. The molecular formula is C22H19FN2O2. The number of carbonyl (C=O) groups excluding carboxylic acids is 1. The number of nitrogens with zero attached hydrogens (tertiary/aromatic N) is 2. The molecule has 136 valence electrons. The van der Waals surface area contributed by atoms with Crippen LogP contribution in [0.2, 0.25) is 0 Å². The summed E-state index contributed by atoms with van der Waals surface area (Å²) in [7, 11) is 0. The number of ether oxygens (including phenoxy) is 1. The van der Waals surface area contributed by atoms with Crippen molar-refractivity contribution in [2.45, 2.75) is 0 Å². The van der Waals surface area contributed by atoms with Crippen LogP contribution in [0.25, 0.3) is 17.0 Å². The third-order valence-electron chi connectivity index (χ3n) is 4.60. The topological polar surface area (TPSA) is 42.4 Å². The van der Waals surface area contributed by atoms with Gasteiger partial charge in [-0.3, -0.25) is 4.79 Å². The molecule has 5 heteroatoms. The molecule has 2 aromatic carbocycles. The first kappa shape index (κ1) is 17.4. The minimum atomic E-state index is -0.516. The molecule has 1 aromatic heterocycles. The van der Waals surface area contributed by atoms with Crippen molar-refractivity contribution in [2.24, 2.45) is 0 Å². The van der Waals surface area contributed by atoms with Crippen LogP contribution in [0.15, 0.2) is 60.7 Å². The lowest BCUT2D eigenvalue weighted by Gasteiger charge is -2.29. The van der Waals surface area contributed by atoms with Crippen molar-refractivity contribution in [3.05, 3.63) is 77.6 Å². The molecule has 3 aromatic rings. The molecular weight excluding hydrogens is 343 g/mol. The Labute approximate surface area is 156 Å². The number of halogens is 1. The Morgan fingerprint density at radius 2 is 1.81 bits per heavy atom. The lowest BCUT2D eigenvalue weighted by Crippen LogP contribution is -2.37. The summed E-state index contributed by atoms with van der Waals surface area (Å²) in [5.41, 5.74) is 1.80. The number of fused-ring (bicyclic) bond motifs is 1. The summed E-state index contributed by atoms with van der Waals surface area (Å²) in [5.74, 6) is -0.0686. The minimum absolute atomic E-state index is 0.0652. The van der Waals surface area contributed by atoms with Gasteiger partial charge in [-0.25, -0.2) is 9.37 Å². The van der Waals surface area contributed by atoms with E-state index in [1.54, 1.807) is 18.2 Å². The number of carbonyl (C=O) groups is 1. The molecule has 0 aliphatic carbocycles. The number of allylic oxidation sites excluding steroid dienone is 1. The van der Waals surface area contributed by atoms with E-state index in [0.717, 1.165) is 35.4 Å². The van der Waals surface area contributed by atoms with Crippen molar-refractivity contribution in [2.75, 3.05) is 31.2 Å². The fraction of sp³-hybridized carbons (Fsp3) is 0.182. The van der Waals surface area contributed by atoms with Crippen LogP contribution in [0.5, 0.6) is 0 Å². The number of pyridine rings is 1. The van der Waals surface area contributed by atoms with Crippen molar-refractivity contribution >= 4 is 28.6 Å². The highest BCUT2D eigenvalue weighted by Crippen LogP contribution is 2.26. The Morgan fingerprint density at radius 1 is 1.07 bits per heavy atom. The number of benzene rings is 2. The second kappa shape index (κ2) is 7.68. The van der Waals surface area contributed by atoms with Gasteiger partial charge in [0.2, 0.25) is 0 Å². The van der Waals surface area contributed by atoms with Gasteiger partial charge in [0, 0.05) is 24.0 Å². The molecule has 0 spiro atoms. The van der Waals surface area contributed by atoms with Crippen molar-refractivity contribution in [1.29, 1.82) is 0 Å². The molecule has 0 bridgehead atoms. The highest BCUT2D eigenvalue weighted by Gasteiger charge is 2.16. The molecule has 0 N–H and O–H groups in total. The minimum Gasteiger partial charge on any atom is -0.378 e. The van der Waals surface area contributed by atoms with Crippen LogP contribution in [0.4, 0.5) is 10.2 Å². The van der Waals surface area contributed by atoms with E-state index >= 15 is 0 Å². The summed E-state index contributed by atoms with van der Waals surface area (Å²) < 4.78 is 19.3. The highest BCUT2D eigenvalue weighted by molar-refractivity contribution is 6.07. The average Bonchev–Trinajstić information content (AvgIpc) is 2.72. The van der Waals surface area contributed by atoms with Crippen LogP contribution in [-0.4, -0.2) is 37.1 Å². The van der Waals surface area contributed by atoms with Crippen LogP contribution in [0.1, 0.15) is 15.9 Å². The standard InChI is InChI=1S/C22H19FN2O2/c23-19-7-3-2-6-18(19)21(26)10-9-17-15-16-5-1-4-8-20(16)24-22(17)25-11-13-27-14-12-25/h1-10,15H,11-14H2. The summed E-state index contributed by atoms with van der Waals surface area (Å²) in [6, 6.07) is 15.9. The maximum atomic E-state index is 13.9. The van der Waals surface area contributed by atoms with Crippen LogP contribution < -0.4 is 4.90 Å². The number of para-hydroxylation sites is 1. The monoisotopic (exact) mass is 362 g/mol. The number of aromatic nitrogens is 1. The first-order valence-electron chi connectivity index (χ1n) is 8.92. The van der Waals surface area contributed by atoms with Crippen molar-refractivity contribution in [3.8, 4) is 0 Å². The smallest absolute Gasteiger partial charge is 0.188 e. The van der Waals surface area contributed by atoms with Crippen molar-refractivity contribution in [1.82, 2.24) is 4.98 Å². The number of anilines is 1. The van der Waals surface area contributed by atoms with Gasteiger partial charge in [0.05, 0.1) is 24.3 Å². The van der Waals surface area contributed by atoms with Crippen LogP contribution in [-0.2, 0) is 4.74 Å². The maximum absolute atomic E-state index is 13.9. The summed E-state index contributed by atoms with van der Waals surface area (Å²) in [6.45, 7) is 2.78. The summed E-state index contributed by atoms with van der Waals surface area (Å²) in [4.78, 5) is 19.4. The highest BCUT2D eigenvalue weighted by atomic mass is 19.1. The third kappa shape index (κ3) is 3.73. The Kier molecular flexibility index (Phi) is 4.94. The second-order valence-corrected chi connectivity index (χ2v) is 6.37. The Bertz CT molecular complexity index is 1010. The number of morpholine rings is 1. The molecule has 1 aliphatic heterocycles. The Morgan fingerprint density at radius 3 is 2.63 bits per heavy atom. The first-order chi connectivity index (χ1) is 13.2. The zero-order valence-corrected chi connectivity index (χ0v) is 14.8. The summed E-state index contributed by atoms with van der Waals surface area (Å²) in [6.07, 6.45) is 3.13. The quantitative estimate of drug-likeness (QED) is 0.518. The van der Waals surface area contributed by atoms with Gasteiger partial charge in [-0.2, -0.15) is 0 Å². The molecule has 0 unspecified atom stereocenters. The Balaban J connectivity index is 1.72. The molecule has 27 heavy (non-hydrogen) atoms. The largest absolute Gasteiger partial charge is 0.378 e. The van der Waals surface area contributed by atoms with E-state index in [1.807, 2.05) is 30.3 Å². The third-order valence-corrected chi connectivity index (χ3v) is 4.60. The molecule has 2 heterocycles. The van der Waals surface area contributed by atoms with Gasteiger partial charge < -0.3 is 9.64 Å². The van der Waals surface area contributed by atoms with Gasteiger partial charge in [0.1, 0.15) is 11.6 Å². The van der Waals surface area contributed by atoms with Gasteiger partial charge in [-0.15, -0.1) is 0 Å². The van der Waals surface area contributed by atoms with Crippen LogP contribution in [0.3, 0.4) is 0 Å². The molecule has 0 atom stereocenters. The number of rotatable bonds is 4. The van der Waals surface area contributed by atoms with E-state index in [4.69, 9.17) is 9.72 Å². The average molecular weight is 362 g/mol. The molecule has 0 amide bonds. The number of hydrogen-bond acceptors (Lipinski definition) is 4. The zero-order chi connectivity index (χ0) is 18.6. The molecule has 1 fully saturated rings. The normalized spacial score (nSPS) is 14.8. The van der Waals surface area contributed by atoms with E-state index in [2.05, 4.69) is 4.90 Å². The van der Waals surface area contributed by atoms with Crippen molar-refractivity contribution < 1.29 is 13.9 Å². The SMILES string of the molecule is O=C(C=Cc1cc2ccccc2nc1N1CCOCC1)c1ccccc1F. The maximum Gasteiger partial charge on any atom is 0.188 e. The van der Waals surface area contributed by atoms with E-state index < -0.39 is 5.82 Å². The zero-order valence-electron chi connectivity index (χ0n) is 14.8. The molecule has 0 radical (unpaired) electrons. The predicted octanol–water partition coefficient (Wildman–Crippen LogP) is 4.11. The van der Waals surface area contributed by atoms with E-state index in [9.17, 15) is 9.18 Å². The van der Waals surface area contributed by atoms with E-state index in [-0.39, 0.29) is 11.3 Å². The van der Waals surface area contributed by atoms with E-state index in [0.29, 0.717) is 13.2 Å². The lowest BCUT2D eigenvalue weighted by molar-refractivity contribution is 0.104. The summed E-state index contributed by atoms with van der Waals surface area (Å²) >= 11 is 0.